The zero-order valence-electron chi connectivity index (χ0n) is 12.3. The number of nitrogens with zero attached hydrogens (tertiary/aromatic N) is 2. The Hall–Kier alpha value is -2.60. The number of benzene rings is 1. The Morgan fingerprint density at radius 2 is 2.21 bits per heavy atom. The molecule has 1 amide bonds. The van der Waals surface area contributed by atoms with Crippen LogP contribution < -0.4 is 10.1 Å². The molecule has 5 nitrogen and oxygen atoms in total. The molecular formula is C15H12F3N3O2S. The zero-order valence-corrected chi connectivity index (χ0v) is 13.1. The Labute approximate surface area is 139 Å². The fourth-order valence-electron chi connectivity index (χ4n) is 1.72. The molecule has 1 heterocycles. The number of hydrogen-bond acceptors (Lipinski definition) is 5. The molecule has 9 heteroatoms. The van der Waals surface area contributed by atoms with E-state index in [0.29, 0.717) is 35.3 Å². The van der Waals surface area contributed by atoms with Gasteiger partial charge >= 0.3 is 6.18 Å². The van der Waals surface area contributed by atoms with Crippen LogP contribution in [0.3, 0.4) is 0 Å². The van der Waals surface area contributed by atoms with E-state index in [9.17, 15) is 18.0 Å². The molecule has 0 saturated heterocycles. The fraction of sp³-hybridized carbons (Fsp3) is 0.267. The summed E-state index contributed by atoms with van der Waals surface area (Å²) < 4.78 is 42.7. The summed E-state index contributed by atoms with van der Waals surface area (Å²) in [6, 6.07) is 8.58. The van der Waals surface area contributed by atoms with Gasteiger partial charge in [0.1, 0.15) is 10.6 Å². The van der Waals surface area contributed by atoms with Crippen molar-refractivity contribution in [3.63, 3.8) is 0 Å². The third kappa shape index (κ3) is 5.24. The van der Waals surface area contributed by atoms with E-state index < -0.39 is 17.0 Å². The monoisotopic (exact) mass is 355 g/mol. The molecule has 1 aromatic carbocycles. The van der Waals surface area contributed by atoms with E-state index in [0.717, 1.165) is 0 Å². The summed E-state index contributed by atoms with van der Waals surface area (Å²) in [5, 5.41) is 11.0. The number of nitrogens with one attached hydrogen (secondary N) is 1. The molecule has 126 valence electrons. The number of ether oxygens (including phenoxy) is 1. The average Bonchev–Trinajstić information content (AvgIpc) is 3.00. The summed E-state index contributed by atoms with van der Waals surface area (Å²) in [7, 11) is 0. The molecule has 1 aromatic heterocycles. The number of aromatic nitrogens is 1. The van der Waals surface area contributed by atoms with Crippen molar-refractivity contribution in [1.29, 1.82) is 5.26 Å². The quantitative estimate of drug-likeness (QED) is 0.799. The molecule has 0 aliphatic carbocycles. The fourth-order valence-corrected chi connectivity index (χ4v) is 2.42. The molecule has 0 fully saturated rings. The van der Waals surface area contributed by atoms with Crippen LogP contribution in [0.2, 0.25) is 0 Å². The Morgan fingerprint density at radius 3 is 2.88 bits per heavy atom. The van der Waals surface area contributed by atoms with Crippen LogP contribution in [-0.4, -0.2) is 17.5 Å². The van der Waals surface area contributed by atoms with Crippen molar-refractivity contribution in [3.8, 4) is 11.8 Å². The molecule has 1 N–H and O–H groups in total. The summed E-state index contributed by atoms with van der Waals surface area (Å²) in [6.45, 7) is 0.244. The molecule has 0 bridgehead atoms. The number of alkyl halides is 3. The lowest BCUT2D eigenvalue weighted by atomic mass is 10.2. The summed E-state index contributed by atoms with van der Waals surface area (Å²) in [5.74, 6) is 0.0802. The van der Waals surface area contributed by atoms with Gasteiger partial charge in [0.2, 0.25) is 5.91 Å². The molecule has 0 unspecified atom stereocenters. The van der Waals surface area contributed by atoms with Crippen LogP contribution in [0.4, 0.5) is 18.3 Å². The maximum atomic E-state index is 12.4. The van der Waals surface area contributed by atoms with Crippen LogP contribution in [0.1, 0.15) is 23.3 Å². The van der Waals surface area contributed by atoms with Crippen molar-refractivity contribution in [3.05, 3.63) is 40.9 Å². The van der Waals surface area contributed by atoms with Gasteiger partial charge in [0.15, 0.2) is 5.13 Å². The minimum absolute atomic E-state index is 0.0822. The Morgan fingerprint density at radius 1 is 1.42 bits per heavy atom. The van der Waals surface area contributed by atoms with E-state index in [1.54, 1.807) is 24.3 Å². The standard InChI is InChI=1S/C15H12F3N3O2S/c16-15(17,18)12-9-20-14(24-12)21-13(22)5-2-6-23-11-4-1-3-10(7-11)8-19/h1,3-4,7,9H,2,5-6H2,(H,20,21,22). The minimum Gasteiger partial charge on any atom is -0.494 e. The van der Waals surface area contributed by atoms with Crippen molar-refractivity contribution in [2.24, 2.45) is 0 Å². The summed E-state index contributed by atoms with van der Waals surface area (Å²) in [5.41, 5.74) is 0.467. The van der Waals surface area contributed by atoms with E-state index in [4.69, 9.17) is 10.00 Å². The van der Waals surface area contributed by atoms with E-state index >= 15 is 0 Å². The second-order valence-electron chi connectivity index (χ2n) is 4.67. The number of amides is 1. The smallest absolute Gasteiger partial charge is 0.427 e. The molecule has 0 saturated carbocycles. The van der Waals surface area contributed by atoms with Crippen LogP contribution in [0.25, 0.3) is 0 Å². The topological polar surface area (TPSA) is 75.0 Å². The zero-order chi connectivity index (χ0) is 17.6. The molecular weight excluding hydrogens is 343 g/mol. The van der Waals surface area contributed by atoms with E-state index in [1.807, 2.05) is 6.07 Å². The van der Waals surface area contributed by atoms with Gasteiger partial charge in [-0.3, -0.25) is 4.79 Å². The van der Waals surface area contributed by atoms with Crippen LogP contribution >= 0.6 is 11.3 Å². The van der Waals surface area contributed by atoms with Crippen LogP contribution in [0.15, 0.2) is 30.5 Å². The number of nitriles is 1. The molecule has 2 aromatic rings. The molecule has 2 rings (SSSR count). The van der Waals surface area contributed by atoms with Gasteiger partial charge in [0.05, 0.1) is 24.4 Å². The van der Waals surface area contributed by atoms with Crippen LogP contribution in [-0.2, 0) is 11.0 Å². The van der Waals surface area contributed by atoms with E-state index in [1.165, 1.54) is 0 Å². The van der Waals surface area contributed by atoms with Crippen molar-refractivity contribution < 1.29 is 22.7 Å². The Bertz CT molecular complexity index is 753. The summed E-state index contributed by atoms with van der Waals surface area (Å²) >= 11 is 0.378. The first-order valence-corrected chi connectivity index (χ1v) is 7.66. The van der Waals surface area contributed by atoms with Gasteiger partial charge in [-0.1, -0.05) is 17.4 Å². The highest BCUT2D eigenvalue weighted by Crippen LogP contribution is 2.34. The maximum Gasteiger partial charge on any atom is 0.427 e. The summed E-state index contributed by atoms with van der Waals surface area (Å²) in [4.78, 5) is 14.3. The van der Waals surface area contributed by atoms with Gasteiger partial charge in [-0.05, 0) is 24.6 Å². The van der Waals surface area contributed by atoms with Crippen molar-refractivity contribution in [1.82, 2.24) is 4.98 Å². The lowest BCUT2D eigenvalue weighted by Crippen LogP contribution is -2.12. The number of carbonyl (C=O) groups is 1. The molecule has 0 spiro atoms. The number of thiazole rings is 1. The number of carbonyl (C=O) groups excluding carboxylic acids is 1. The predicted octanol–water partition coefficient (Wildman–Crippen LogP) is 3.83. The van der Waals surface area contributed by atoms with E-state index in [-0.39, 0.29) is 18.2 Å². The van der Waals surface area contributed by atoms with Crippen LogP contribution in [0, 0.1) is 11.3 Å². The SMILES string of the molecule is N#Cc1cccc(OCCCC(=O)Nc2ncc(C(F)(F)F)s2)c1. The lowest BCUT2D eigenvalue weighted by molar-refractivity contribution is -0.134. The third-order valence-electron chi connectivity index (χ3n) is 2.81. The third-order valence-corrected chi connectivity index (χ3v) is 3.77. The Balaban J connectivity index is 1.73. The highest BCUT2D eigenvalue weighted by Gasteiger charge is 2.33. The first kappa shape index (κ1) is 17.7. The molecule has 0 aliphatic heterocycles. The highest BCUT2D eigenvalue weighted by molar-refractivity contribution is 7.15. The number of halogens is 3. The Kier molecular flexibility index (Phi) is 5.76. The van der Waals surface area contributed by atoms with Gasteiger partial charge in [-0.2, -0.15) is 18.4 Å². The number of rotatable bonds is 6. The van der Waals surface area contributed by atoms with Crippen molar-refractivity contribution in [2.45, 2.75) is 19.0 Å². The molecule has 24 heavy (non-hydrogen) atoms. The largest absolute Gasteiger partial charge is 0.494 e. The maximum absolute atomic E-state index is 12.4. The van der Waals surface area contributed by atoms with Gasteiger partial charge in [0, 0.05) is 6.42 Å². The van der Waals surface area contributed by atoms with Gasteiger partial charge in [-0.25, -0.2) is 4.98 Å². The molecule has 0 atom stereocenters. The predicted molar refractivity (Wildman–Crippen MR) is 81.6 cm³/mol. The average molecular weight is 355 g/mol. The van der Waals surface area contributed by atoms with Gasteiger partial charge in [0.25, 0.3) is 0 Å². The van der Waals surface area contributed by atoms with Gasteiger partial charge < -0.3 is 10.1 Å². The first-order chi connectivity index (χ1) is 11.4. The number of hydrogen-bond donors (Lipinski definition) is 1. The lowest BCUT2D eigenvalue weighted by Gasteiger charge is -2.06. The minimum atomic E-state index is -4.47. The first-order valence-electron chi connectivity index (χ1n) is 6.84. The summed E-state index contributed by atoms with van der Waals surface area (Å²) in [6.07, 6.45) is -3.32. The number of anilines is 1. The van der Waals surface area contributed by atoms with Crippen molar-refractivity contribution in [2.75, 3.05) is 11.9 Å². The van der Waals surface area contributed by atoms with Crippen LogP contribution in [0.5, 0.6) is 5.75 Å². The highest BCUT2D eigenvalue weighted by atomic mass is 32.1. The second-order valence-corrected chi connectivity index (χ2v) is 5.70. The molecule has 0 radical (unpaired) electrons. The van der Waals surface area contributed by atoms with Crippen molar-refractivity contribution >= 4 is 22.4 Å². The van der Waals surface area contributed by atoms with E-state index in [2.05, 4.69) is 10.3 Å². The normalized spacial score (nSPS) is 10.9. The van der Waals surface area contributed by atoms with Gasteiger partial charge in [-0.15, -0.1) is 0 Å². The molecule has 0 aliphatic rings. The second kappa shape index (κ2) is 7.79.